The molecular weight excluding hydrogens is 412 g/mol. The highest BCUT2D eigenvalue weighted by atomic mass is 32.1. The summed E-state index contributed by atoms with van der Waals surface area (Å²) in [6, 6.07) is 5.38. The molecule has 3 aromatic heterocycles. The summed E-state index contributed by atoms with van der Waals surface area (Å²) in [4.78, 5) is 51.3. The van der Waals surface area contributed by atoms with Gasteiger partial charge in [0.05, 0.1) is 12.1 Å². The predicted molar refractivity (Wildman–Crippen MR) is 114 cm³/mol. The van der Waals surface area contributed by atoms with E-state index in [0.717, 1.165) is 15.9 Å². The van der Waals surface area contributed by atoms with E-state index in [1.54, 1.807) is 11.4 Å². The molecule has 10 heteroatoms. The van der Waals surface area contributed by atoms with Crippen molar-refractivity contribution in [2.24, 2.45) is 0 Å². The molecule has 3 heterocycles. The van der Waals surface area contributed by atoms with Crippen LogP contribution in [0.1, 0.15) is 25.1 Å². The lowest BCUT2D eigenvalue weighted by Gasteiger charge is -2.14. The van der Waals surface area contributed by atoms with Crippen molar-refractivity contribution < 1.29 is 9.59 Å². The molecule has 3 aromatic rings. The maximum Gasteiger partial charge on any atom is 0.332 e. The molecule has 154 valence electrons. The Balaban J connectivity index is 1.87. The van der Waals surface area contributed by atoms with E-state index in [1.165, 1.54) is 27.2 Å². The third-order valence-electron chi connectivity index (χ3n) is 4.50. The molecule has 1 atom stereocenters. The number of nitrogens with one attached hydrogen (secondary N) is 2. The number of carbonyl (C=O) groups is 2. The minimum atomic E-state index is -0.675. The Morgan fingerprint density at radius 2 is 1.83 bits per heavy atom. The minimum absolute atomic E-state index is 0.0231. The zero-order valence-electron chi connectivity index (χ0n) is 16.1. The fourth-order valence-electron chi connectivity index (χ4n) is 2.79. The molecule has 0 aromatic carbocycles. The lowest BCUT2D eigenvalue weighted by molar-refractivity contribution is -0.122. The molecule has 0 fully saturated rings. The molecule has 0 spiro atoms. The zero-order chi connectivity index (χ0) is 21.0. The van der Waals surface area contributed by atoms with Crippen LogP contribution in [0.2, 0.25) is 0 Å². The Morgan fingerprint density at radius 1 is 1.07 bits per heavy atom. The van der Waals surface area contributed by atoms with Gasteiger partial charge in [-0.15, -0.1) is 22.7 Å². The van der Waals surface area contributed by atoms with E-state index < -0.39 is 23.7 Å². The Kier molecular flexibility index (Phi) is 6.65. The van der Waals surface area contributed by atoms with E-state index in [1.807, 2.05) is 31.4 Å². The van der Waals surface area contributed by atoms with Crippen LogP contribution in [0.3, 0.4) is 0 Å². The molecule has 29 heavy (non-hydrogen) atoms. The Morgan fingerprint density at radius 3 is 2.52 bits per heavy atom. The van der Waals surface area contributed by atoms with Gasteiger partial charge < -0.3 is 10.6 Å². The fraction of sp³-hybridized carbons (Fsp3) is 0.368. The molecular formula is C19H22N4O4S2. The third-order valence-corrected chi connectivity index (χ3v) is 6.27. The summed E-state index contributed by atoms with van der Waals surface area (Å²) in [5.41, 5.74) is -0.795. The predicted octanol–water partition coefficient (Wildman–Crippen LogP) is 1.52. The third kappa shape index (κ3) is 4.83. The second kappa shape index (κ2) is 9.19. The van der Waals surface area contributed by atoms with Gasteiger partial charge >= 0.3 is 5.69 Å². The number of carbonyl (C=O) groups excluding carboxylic acids is 2. The van der Waals surface area contributed by atoms with Gasteiger partial charge in [-0.3, -0.25) is 19.0 Å². The average Bonchev–Trinajstić information content (AvgIpc) is 3.38. The summed E-state index contributed by atoms with van der Waals surface area (Å²) in [7, 11) is 0. The molecule has 0 aliphatic rings. The van der Waals surface area contributed by atoms with E-state index in [0.29, 0.717) is 16.8 Å². The first-order chi connectivity index (χ1) is 13.9. The van der Waals surface area contributed by atoms with Crippen LogP contribution in [0.5, 0.6) is 0 Å². The fourth-order valence-corrected chi connectivity index (χ4v) is 4.28. The summed E-state index contributed by atoms with van der Waals surface area (Å²) >= 11 is 2.68. The number of hydrogen-bond donors (Lipinski definition) is 2. The second-order valence-corrected chi connectivity index (χ2v) is 8.58. The molecule has 0 bridgehead atoms. The van der Waals surface area contributed by atoms with Crippen LogP contribution in [0, 0.1) is 0 Å². The first kappa shape index (κ1) is 21.0. The van der Waals surface area contributed by atoms with Crippen LogP contribution < -0.4 is 21.9 Å². The van der Waals surface area contributed by atoms with Gasteiger partial charge in [-0.1, -0.05) is 13.0 Å². The van der Waals surface area contributed by atoms with Gasteiger partial charge in [0.1, 0.15) is 17.8 Å². The van der Waals surface area contributed by atoms with Gasteiger partial charge in [-0.2, -0.15) is 0 Å². The summed E-state index contributed by atoms with van der Waals surface area (Å²) in [5.74, 6) is -0.759. The van der Waals surface area contributed by atoms with Crippen molar-refractivity contribution >= 4 is 44.7 Å². The van der Waals surface area contributed by atoms with Gasteiger partial charge in [0.25, 0.3) is 5.56 Å². The number of rotatable bonds is 8. The first-order valence-corrected chi connectivity index (χ1v) is 11.0. The molecule has 2 N–H and O–H groups in total. The van der Waals surface area contributed by atoms with Crippen molar-refractivity contribution in [1.82, 2.24) is 19.8 Å². The smallest absolute Gasteiger partial charge is 0.332 e. The molecule has 0 aliphatic heterocycles. The van der Waals surface area contributed by atoms with E-state index >= 15 is 0 Å². The van der Waals surface area contributed by atoms with Crippen molar-refractivity contribution in [3.63, 3.8) is 0 Å². The monoisotopic (exact) mass is 434 g/mol. The number of amides is 2. The maximum absolute atomic E-state index is 12.9. The maximum atomic E-state index is 12.9. The van der Waals surface area contributed by atoms with Crippen molar-refractivity contribution in [2.45, 2.75) is 45.9 Å². The Bertz CT molecular complexity index is 1130. The van der Waals surface area contributed by atoms with E-state index in [9.17, 15) is 19.2 Å². The number of aromatic nitrogens is 2. The Hall–Kier alpha value is -2.72. The van der Waals surface area contributed by atoms with Gasteiger partial charge in [0, 0.05) is 10.9 Å². The highest BCUT2D eigenvalue weighted by Crippen LogP contribution is 2.15. The highest BCUT2D eigenvalue weighted by molar-refractivity contribution is 7.17. The molecule has 2 amide bonds. The van der Waals surface area contributed by atoms with Crippen LogP contribution in [0.4, 0.5) is 0 Å². The van der Waals surface area contributed by atoms with Crippen molar-refractivity contribution in [1.29, 1.82) is 0 Å². The second-order valence-electron chi connectivity index (χ2n) is 6.63. The quantitative estimate of drug-likeness (QED) is 0.561. The minimum Gasteiger partial charge on any atom is -0.352 e. The van der Waals surface area contributed by atoms with Crippen LogP contribution in [-0.2, 0) is 29.2 Å². The van der Waals surface area contributed by atoms with Gasteiger partial charge in [0.15, 0.2) is 0 Å². The van der Waals surface area contributed by atoms with Crippen LogP contribution in [0.25, 0.3) is 10.2 Å². The van der Waals surface area contributed by atoms with E-state index in [4.69, 9.17) is 0 Å². The van der Waals surface area contributed by atoms with Gasteiger partial charge in [0.2, 0.25) is 11.8 Å². The summed E-state index contributed by atoms with van der Waals surface area (Å²) in [5, 5.41) is 9.12. The Labute approximate surface area is 174 Å². The largest absolute Gasteiger partial charge is 0.352 e. The zero-order valence-corrected chi connectivity index (χ0v) is 17.8. The topological polar surface area (TPSA) is 102 Å². The average molecular weight is 435 g/mol. The van der Waals surface area contributed by atoms with Gasteiger partial charge in [-0.05, 0) is 36.2 Å². The van der Waals surface area contributed by atoms with Crippen molar-refractivity contribution in [3.8, 4) is 0 Å². The lowest BCUT2D eigenvalue weighted by Crippen LogP contribution is -2.45. The summed E-state index contributed by atoms with van der Waals surface area (Å²) in [6.45, 7) is 3.54. The van der Waals surface area contributed by atoms with Crippen LogP contribution in [0.15, 0.2) is 38.5 Å². The number of fused-ring (bicyclic) bond motifs is 1. The van der Waals surface area contributed by atoms with E-state index in [2.05, 4.69) is 10.6 Å². The van der Waals surface area contributed by atoms with Crippen molar-refractivity contribution in [2.75, 3.05) is 0 Å². The van der Waals surface area contributed by atoms with Crippen LogP contribution >= 0.6 is 22.7 Å². The first-order valence-electron chi connectivity index (χ1n) is 9.20. The highest BCUT2D eigenvalue weighted by Gasteiger charge is 2.18. The number of nitrogens with zero attached hydrogens (tertiary/aromatic N) is 2. The summed E-state index contributed by atoms with van der Waals surface area (Å²) in [6.07, 6.45) is 0.762. The number of thiophene rings is 2. The molecule has 0 saturated carbocycles. The molecule has 0 aliphatic carbocycles. The summed E-state index contributed by atoms with van der Waals surface area (Å²) < 4.78 is 2.48. The standard InChI is InChI=1S/C19H22N4O4S2/c1-3-12(2)21-16(25)11-22-14-6-8-29-17(14)18(26)23(19(22)27)10-15(24)20-9-13-5-4-7-28-13/h4-8,12H,3,9-11H2,1-2H3,(H,20,24)(H,21,25)/t12-/m1/s1. The van der Waals surface area contributed by atoms with E-state index in [-0.39, 0.29) is 18.5 Å². The van der Waals surface area contributed by atoms with Crippen molar-refractivity contribution in [3.05, 3.63) is 54.7 Å². The normalized spacial score (nSPS) is 12.1. The molecule has 8 nitrogen and oxygen atoms in total. The molecule has 0 unspecified atom stereocenters. The number of hydrogen-bond acceptors (Lipinski definition) is 6. The molecule has 3 rings (SSSR count). The lowest BCUT2D eigenvalue weighted by atomic mass is 10.2. The van der Waals surface area contributed by atoms with Crippen LogP contribution in [-0.4, -0.2) is 27.0 Å². The SMILES string of the molecule is CC[C@@H](C)NC(=O)Cn1c(=O)n(CC(=O)NCc2cccs2)c(=O)c2sccc21. The van der Waals surface area contributed by atoms with Gasteiger partial charge in [-0.25, -0.2) is 9.36 Å². The molecule has 0 saturated heterocycles. The molecule has 0 radical (unpaired) electrons.